The van der Waals surface area contributed by atoms with Gasteiger partial charge in [0.2, 0.25) is 0 Å². The summed E-state index contributed by atoms with van der Waals surface area (Å²) in [6, 6.07) is 0. The number of aliphatic hydroxyl groups excluding tert-OH is 1. The molecule has 0 spiro atoms. The number of halogens is 1. The summed E-state index contributed by atoms with van der Waals surface area (Å²) in [5.74, 6) is -3.76. The van der Waals surface area contributed by atoms with E-state index in [9.17, 15) is 24.6 Å². The highest BCUT2D eigenvalue weighted by atomic mass is 19.2. The molecule has 0 aliphatic heterocycles. The van der Waals surface area contributed by atoms with Gasteiger partial charge in [-0.3, -0.25) is 20.2 Å². The lowest BCUT2D eigenvalue weighted by Crippen LogP contribution is -2.42. The Morgan fingerprint density at radius 1 is 1.36 bits per heavy atom. The molecule has 11 heavy (non-hydrogen) atoms. The van der Waals surface area contributed by atoms with Crippen molar-refractivity contribution in [1.29, 1.82) is 0 Å². The van der Waals surface area contributed by atoms with Crippen LogP contribution in [0.4, 0.5) is 4.39 Å². The molecule has 1 N–H and O–H groups in total. The van der Waals surface area contributed by atoms with E-state index in [0.717, 1.165) is 0 Å². The molecule has 0 aliphatic rings. The molecule has 0 aliphatic carbocycles. The van der Waals surface area contributed by atoms with Gasteiger partial charge in [-0.15, -0.1) is 0 Å². The molecule has 0 rings (SSSR count). The maximum Gasteiger partial charge on any atom is 0.616 e. The summed E-state index contributed by atoms with van der Waals surface area (Å²) >= 11 is 0. The fourth-order valence-corrected chi connectivity index (χ4v) is 0.391. The Bertz CT molecular complexity index is 169. The Labute approximate surface area is 59.7 Å². The maximum absolute atomic E-state index is 12.5. The quantitative estimate of drug-likeness (QED) is 0.264. The van der Waals surface area contributed by atoms with Crippen molar-refractivity contribution < 1.29 is 19.3 Å². The minimum absolute atomic E-state index is 0.946. The van der Waals surface area contributed by atoms with Crippen LogP contribution in [0.15, 0.2) is 0 Å². The first-order chi connectivity index (χ1) is 4.95. The van der Waals surface area contributed by atoms with Gasteiger partial charge in [0.1, 0.15) is 9.85 Å². The van der Waals surface area contributed by atoms with Crippen molar-refractivity contribution in [2.75, 3.05) is 6.61 Å². The van der Waals surface area contributed by atoms with Gasteiger partial charge >= 0.3 is 5.92 Å². The Morgan fingerprint density at radius 2 is 1.73 bits per heavy atom. The van der Waals surface area contributed by atoms with Gasteiger partial charge in [0.25, 0.3) is 0 Å². The van der Waals surface area contributed by atoms with Gasteiger partial charge in [0.05, 0.1) is 6.61 Å². The predicted octanol–water partition coefficient (Wildman–Crippen LogP) is -0.455. The second-order valence-electron chi connectivity index (χ2n) is 1.71. The van der Waals surface area contributed by atoms with Crippen molar-refractivity contribution in [3.8, 4) is 0 Å². The first-order valence-corrected chi connectivity index (χ1v) is 2.54. The van der Waals surface area contributed by atoms with Crippen LogP contribution < -0.4 is 0 Å². The maximum atomic E-state index is 12.5. The number of nitrogens with zero attached hydrogens (tertiary/aromatic N) is 2. The molecule has 0 heterocycles. The van der Waals surface area contributed by atoms with Crippen molar-refractivity contribution >= 4 is 0 Å². The van der Waals surface area contributed by atoms with E-state index < -0.39 is 28.8 Å². The molecule has 0 aromatic carbocycles. The molecular formula is C3H5FN2O5. The van der Waals surface area contributed by atoms with Crippen molar-refractivity contribution in [3.63, 3.8) is 0 Å². The molecule has 0 radical (unpaired) electrons. The summed E-state index contributed by atoms with van der Waals surface area (Å²) in [4.78, 5) is 16.1. The van der Waals surface area contributed by atoms with E-state index in [1.165, 1.54) is 0 Å². The zero-order valence-corrected chi connectivity index (χ0v) is 5.27. The van der Waals surface area contributed by atoms with E-state index in [-0.39, 0.29) is 0 Å². The molecule has 0 unspecified atom stereocenters. The van der Waals surface area contributed by atoms with Crippen LogP contribution in [0.25, 0.3) is 0 Å². The highest BCUT2D eigenvalue weighted by Gasteiger charge is 2.56. The third-order valence-electron chi connectivity index (χ3n) is 0.989. The molecule has 0 aromatic heterocycles. The first-order valence-electron chi connectivity index (χ1n) is 2.54. The monoisotopic (exact) mass is 168 g/mol. The first kappa shape index (κ1) is 9.69. The third-order valence-corrected chi connectivity index (χ3v) is 0.989. The van der Waals surface area contributed by atoms with E-state index in [0.29, 0.717) is 0 Å². The van der Waals surface area contributed by atoms with Crippen molar-refractivity contribution in [1.82, 2.24) is 0 Å². The van der Waals surface area contributed by atoms with Gasteiger partial charge in [-0.2, -0.15) is 0 Å². The number of aliphatic hydroxyl groups is 1. The summed E-state index contributed by atoms with van der Waals surface area (Å²) in [6.45, 7) is -0.946. The molecule has 0 fully saturated rings. The van der Waals surface area contributed by atoms with Gasteiger partial charge in [0.15, 0.2) is 6.42 Å². The second kappa shape index (κ2) is 3.19. The van der Waals surface area contributed by atoms with Crippen molar-refractivity contribution in [2.45, 2.75) is 12.3 Å². The van der Waals surface area contributed by atoms with E-state index >= 15 is 0 Å². The lowest BCUT2D eigenvalue weighted by Gasteiger charge is -2.04. The summed E-state index contributed by atoms with van der Waals surface area (Å²) in [6.07, 6.45) is -1.15. The van der Waals surface area contributed by atoms with E-state index in [2.05, 4.69) is 0 Å². The minimum atomic E-state index is -3.76. The minimum Gasteiger partial charge on any atom is -0.396 e. The molecule has 0 saturated carbocycles. The van der Waals surface area contributed by atoms with Gasteiger partial charge in [-0.1, -0.05) is 4.39 Å². The van der Waals surface area contributed by atoms with Gasteiger partial charge in [-0.05, 0) is 0 Å². The standard InChI is InChI=1S/C3H5FN2O5/c4-3(1-2-7,5(8)9)6(10)11/h7H,1-2H2. The smallest absolute Gasteiger partial charge is 0.396 e. The van der Waals surface area contributed by atoms with Crippen LogP contribution in [0.3, 0.4) is 0 Å². The van der Waals surface area contributed by atoms with Crippen molar-refractivity contribution in [3.05, 3.63) is 20.2 Å². The average Bonchev–Trinajstić information content (AvgIpc) is 1.87. The topological polar surface area (TPSA) is 107 Å². The van der Waals surface area contributed by atoms with Crippen molar-refractivity contribution in [2.24, 2.45) is 0 Å². The molecular weight excluding hydrogens is 163 g/mol. The molecule has 0 aromatic rings. The van der Waals surface area contributed by atoms with E-state index in [4.69, 9.17) is 5.11 Å². The Balaban J connectivity index is 4.52. The zero-order valence-electron chi connectivity index (χ0n) is 5.27. The summed E-state index contributed by atoms with van der Waals surface area (Å²) in [7, 11) is 0. The van der Waals surface area contributed by atoms with Crippen LogP contribution in [0.5, 0.6) is 0 Å². The molecule has 7 nitrogen and oxygen atoms in total. The lowest BCUT2D eigenvalue weighted by molar-refractivity contribution is -0.832. The molecule has 64 valence electrons. The summed E-state index contributed by atoms with van der Waals surface area (Å²) in [5.41, 5.74) is 0. The molecule has 0 bridgehead atoms. The number of alkyl halides is 1. The van der Waals surface area contributed by atoms with Gasteiger partial charge < -0.3 is 5.11 Å². The fourth-order valence-electron chi connectivity index (χ4n) is 0.391. The summed E-state index contributed by atoms with van der Waals surface area (Å²) in [5, 5.41) is 27.5. The number of rotatable bonds is 4. The highest BCUT2D eigenvalue weighted by Crippen LogP contribution is 2.16. The zero-order chi connectivity index (χ0) is 9.07. The predicted molar refractivity (Wildman–Crippen MR) is 29.5 cm³/mol. The average molecular weight is 168 g/mol. The van der Waals surface area contributed by atoms with E-state index in [1.807, 2.05) is 0 Å². The van der Waals surface area contributed by atoms with Crippen LogP contribution in [-0.4, -0.2) is 27.5 Å². The number of nitro groups is 2. The lowest BCUT2D eigenvalue weighted by atomic mass is 10.3. The highest BCUT2D eigenvalue weighted by molar-refractivity contribution is 4.49. The third kappa shape index (κ3) is 1.80. The van der Waals surface area contributed by atoms with Crippen LogP contribution in [0.1, 0.15) is 6.42 Å². The van der Waals surface area contributed by atoms with Crippen LogP contribution in [-0.2, 0) is 0 Å². The van der Waals surface area contributed by atoms with Crippen LogP contribution >= 0.6 is 0 Å². The normalized spacial score (nSPS) is 11.1. The SMILES string of the molecule is O=[N+]([O-])C(F)(CCO)[N+](=O)[O-]. The van der Waals surface area contributed by atoms with Gasteiger partial charge in [0, 0.05) is 0 Å². The Morgan fingerprint density at radius 3 is 1.82 bits per heavy atom. The van der Waals surface area contributed by atoms with Crippen LogP contribution in [0, 0.1) is 20.2 Å². The Hall–Kier alpha value is -1.31. The summed E-state index contributed by atoms with van der Waals surface area (Å²) < 4.78 is 12.5. The largest absolute Gasteiger partial charge is 0.616 e. The van der Waals surface area contributed by atoms with Gasteiger partial charge in [-0.25, -0.2) is 0 Å². The molecule has 0 atom stereocenters. The number of hydrogen-bond acceptors (Lipinski definition) is 5. The van der Waals surface area contributed by atoms with Crippen LogP contribution in [0.2, 0.25) is 0 Å². The number of hydrogen-bond donors (Lipinski definition) is 1. The molecule has 0 saturated heterocycles. The van der Waals surface area contributed by atoms with E-state index in [1.54, 1.807) is 0 Å². The molecule has 8 heteroatoms. The fraction of sp³-hybridized carbons (Fsp3) is 1.00. The molecule has 0 amide bonds. The second-order valence-corrected chi connectivity index (χ2v) is 1.71. The Kier molecular flexibility index (Phi) is 2.81.